The molecule has 2 N–H and O–H groups in total. The van der Waals surface area contributed by atoms with Crippen molar-refractivity contribution < 1.29 is 14.8 Å². The van der Waals surface area contributed by atoms with Crippen LogP contribution in [-0.4, -0.2) is 15.9 Å². The van der Waals surface area contributed by atoms with E-state index in [9.17, 15) is 20.0 Å². The van der Waals surface area contributed by atoms with Crippen molar-refractivity contribution in [3.8, 4) is 5.75 Å². The van der Waals surface area contributed by atoms with Gasteiger partial charge in [-0.2, -0.15) is 0 Å². The van der Waals surface area contributed by atoms with E-state index in [1.807, 2.05) is 12.1 Å². The Morgan fingerprint density at radius 1 is 1.19 bits per heavy atom. The highest BCUT2D eigenvalue weighted by molar-refractivity contribution is 6.34. The molecular formula is C15H10N2O4. The Balaban J connectivity index is 2.09. The number of carbonyl (C=O) groups excluding carboxylic acids is 1. The molecule has 0 unspecified atom stereocenters. The number of benzene rings is 2. The van der Waals surface area contributed by atoms with Crippen LogP contribution < -0.4 is 5.32 Å². The summed E-state index contributed by atoms with van der Waals surface area (Å²) in [6.45, 7) is 0. The molecule has 0 aliphatic carbocycles. The minimum atomic E-state index is -0.667. The first-order chi connectivity index (χ1) is 10.1. The van der Waals surface area contributed by atoms with Gasteiger partial charge in [0.2, 0.25) is 0 Å². The SMILES string of the molecule is O=C1Nc2ccccc2C1=Cc1ccc(O)c([N+](=O)[O-])c1. The number of anilines is 1. The predicted octanol–water partition coefficient (Wildman–Crippen LogP) is 2.79. The lowest BCUT2D eigenvalue weighted by Gasteiger charge is -2.00. The zero-order chi connectivity index (χ0) is 15.0. The van der Waals surface area contributed by atoms with E-state index in [1.54, 1.807) is 18.2 Å². The summed E-state index contributed by atoms with van der Waals surface area (Å²) in [4.78, 5) is 22.1. The van der Waals surface area contributed by atoms with Gasteiger partial charge in [0.25, 0.3) is 5.91 Å². The topological polar surface area (TPSA) is 92.5 Å². The molecule has 0 aromatic heterocycles. The summed E-state index contributed by atoms with van der Waals surface area (Å²) in [5, 5.41) is 23.0. The number of amides is 1. The van der Waals surface area contributed by atoms with Gasteiger partial charge in [0.1, 0.15) is 0 Å². The number of nitro benzene ring substituents is 1. The standard InChI is InChI=1S/C15H10N2O4/c18-14-6-5-9(8-13(14)17(20)21)7-11-10-3-1-2-4-12(10)16-15(11)19/h1-8,18H,(H,16,19). The molecule has 0 atom stereocenters. The largest absolute Gasteiger partial charge is 0.502 e. The van der Waals surface area contributed by atoms with Crippen LogP contribution in [0.15, 0.2) is 42.5 Å². The van der Waals surface area contributed by atoms with Gasteiger partial charge in [0.15, 0.2) is 5.75 Å². The Hall–Kier alpha value is -3.15. The Labute approximate surface area is 119 Å². The maximum atomic E-state index is 12.0. The number of rotatable bonds is 2. The molecule has 1 aliphatic heterocycles. The van der Waals surface area contributed by atoms with Crippen molar-refractivity contribution in [3.05, 3.63) is 63.7 Å². The van der Waals surface area contributed by atoms with Crippen molar-refractivity contribution in [2.75, 3.05) is 5.32 Å². The van der Waals surface area contributed by atoms with Crippen LogP contribution >= 0.6 is 0 Å². The van der Waals surface area contributed by atoms with Crippen molar-refractivity contribution >= 4 is 28.9 Å². The Kier molecular flexibility index (Phi) is 2.91. The first-order valence-corrected chi connectivity index (χ1v) is 6.16. The van der Waals surface area contributed by atoms with E-state index >= 15 is 0 Å². The fourth-order valence-electron chi connectivity index (χ4n) is 2.23. The number of nitro groups is 1. The molecule has 0 radical (unpaired) electrons. The van der Waals surface area contributed by atoms with Crippen molar-refractivity contribution in [1.82, 2.24) is 0 Å². The van der Waals surface area contributed by atoms with Gasteiger partial charge in [0.05, 0.1) is 4.92 Å². The number of aromatic hydroxyl groups is 1. The number of hydrogen-bond acceptors (Lipinski definition) is 4. The molecule has 6 heteroatoms. The van der Waals surface area contributed by atoms with E-state index in [1.165, 1.54) is 18.2 Å². The molecule has 0 bridgehead atoms. The Bertz CT molecular complexity index is 796. The third-order valence-corrected chi connectivity index (χ3v) is 3.22. The van der Waals surface area contributed by atoms with Gasteiger partial charge in [-0.1, -0.05) is 24.3 Å². The van der Waals surface area contributed by atoms with Crippen molar-refractivity contribution in [3.63, 3.8) is 0 Å². The summed E-state index contributed by atoms with van der Waals surface area (Å²) in [7, 11) is 0. The zero-order valence-corrected chi connectivity index (χ0v) is 10.7. The number of nitrogens with one attached hydrogen (secondary N) is 1. The molecule has 0 saturated carbocycles. The molecular weight excluding hydrogens is 272 g/mol. The van der Waals surface area contributed by atoms with Gasteiger partial charge in [-0.25, -0.2) is 0 Å². The molecule has 2 aromatic carbocycles. The smallest absolute Gasteiger partial charge is 0.311 e. The third-order valence-electron chi connectivity index (χ3n) is 3.22. The number of nitrogens with zero attached hydrogens (tertiary/aromatic N) is 1. The molecule has 2 aromatic rings. The predicted molar refractivity (Wildman–Crippen MR) is 77.7 cm³/mol. The normalized spacial score (nSPS) is 14.9. The van der Waals surface area contributed by atoms with E-state index in [2.05, 4.69) is 5.32 Å². The van der Waals surface area contributed by atoms with Gasteiger partial charge in [-0.15, -0.1) is 0 Å². The molecule has 0 saturated heterocycles. The lowest BCUT2D eigenvalue weighted by molar-refractivity contribution is -0.385. The van der Waals surface area contributed by atoms with Crippen LogP contribution in [0, 0.1) is 10.1 Å². The summed E-state index contributed by atoms with van der Waals surface area (Å²) in [6, 6.07) is 11.2. The van der Waals surface area contributed by atoms with Crippen LogP contribution in [-0.2, 0) is 4.79 Å². The second-order valence-corrected chi connectivity index (χ2v) is 4.56. The van der Waals surface area contributed by atoms with Gasteiger partial charge >= 0.3 is 5.69 Å². The van der Waals surface area contributed by atoms with E-state index in [0.717, 1.165) is 5.56 Å². The van der Waals surface area contributed by atoms with Crippen LogP contribution in [0.5, 0.6) is 5.75 Å². The summed E-state index contributed by atoms with van der Waals surface area (Å²) in [5.41, 5.74) is 1.98. The molecule has 0 fully saturated rings. The highest BCUT2D eigenvalue weighted by Gasteiger charge is 2.23. The van der Waals surface area contributed by atoms with Gasteiger partial charge in [-0.05, 0) is 23.8 Å². The number of phenols is 1. The van der Waals surface area contributed by atoms with E-state index < -0.39 is 16.4 Å². The summed E-state index contributed by atoms with van der Waals surface area (Å²) >= 11 is 0. The molecule has 3 rings (SSSR count). The molecule has 0 spiro atoms. The van der Waals surface area contributed by atoms with Crippen molar-refractivity contribution in [2.24, 2.45) is 0 Å². The van der Waals surface area contributed by atoms with Crippen LogP contribution in [0.1, 0.15) is 11.1 Å². The van der Waals surface area contributed by atoms with Crippen molar-refractivity contribution in [2.45, 2.75) is 0 Å². The molecule has 1 aliphatic rings. The van der Waals surface area contributed by atoms with Crippen molar-refractivity contribution in [1.29, 1.82) is 0 Å². The van der Waals surface area contributed by atoms with Gasteiger partial charge in [0, 0.05) is 22.9 Å². The molecule has 21 heavy (non-hydrogen) atoms. The number of fused-ring (bicyclic) bond motifs is 1. The van der Waals surface area contributed by atoms with Crippen LogP contribution in [0.4, 0.5) is 11.4 Å². The van der Waals surface area contributed by atoms with Crippen LogP contribution in [0.3, 0.4) is 0 Å². The molecule has 1 amide bonds. The van der Waals surface area contributed by atoms with E-state index in [-0.39, 0.29) is 5.91 Å². The van der Waals surface area contributed by atoms with E-state index in [0.29, 0.717) is 16.8 Å². The Morgan fingerprint density at radius 2 is 1.95 bits per heavy atom. The summed E-state index contributed by atoms with van der Waals surface area (Å²) in [5.74, 6) is -0.662. The van der Waals surface area contributed by atoms with Crippen LogP contribution in [0.2, 0.25) is 0 Å². The molecule has 104 valence electrons. The lowest BCUT2D eigenvalue weighted by Crippen LogP contribution is -2.03. The summed E-state index contributed by atoms with van der Waals surface area (Å²) in [6.07, 6.45) is 1.56. The minimum absolute atomic E-state index is 0.257. The third kappa shape index (κ3) is 2.23. The first kappa shape index (κ1) is 12.9. The fourth-order valence-corrected chi connectivity index (χ4v) is 2.23. The second kappa shape index (κ2) is 4.75. The maximum Gasteiger partial charge on any atom is 0.311 e. The maximum absolute atomic E-state index is 12.0. The molecule has 6 nitrogen and oxygen atoms in total. The average Bonchev–Trinajstić information content (AvgIpc) is 2.77. The zero-order valence-electron chi connectivity index (χ0n) is 10.7. The second-order valence-electron chi connectivity index (χ2n) is 4.56. The number of hydrogen-bond donors (Lipinski definition) is 2. The quantitative estimate of drug-likeness (QED) is 0.503. The van der Waals surface area contributed by atoms with E-state index in [4.69, 9.17) is 0 Å². The van der Waals surface area contributed by atoms with Gasteiger partial charge < -0.3 is 10.4 Å². The Morgan fingerprint density at radius 3 is 2.71 bits per heavy atom. The number of para-hydroxylation sites is 1. The lowest BCUT2D eigenvalue weighted by atomic mass is 10.0. The fraction of sp³-hybridized carbons (Fsp3) is 0. The van der Waals surface area contributed by atoms with Gasteiger partial charge in [-0.3, -0.25) is 14.9 Å². The number of carbonyl (C=O) groups is 1. The highest BCUT2D eigenvalue weighted by atomic mass is 16.6. The highest BCUT2D eigenvalue weighted by Crippen LogP contribution is 2.34. The monoisotopic (exact) mass is 282 g/mol. The average molecular weight is 282 g/mol. The number of phenolic OH excluding ortho intramolecular Hbond substituents is 1. The minimum Gasteiger partial charge on any atom is -0.502 e. The summed E-state index contributed by atoms with van der Waals surface area (Å²) < 4.78 is 0. The molecule has 1 heterocycles. The first-order valence-electron chi connectivity index (χ1n) is 6.16. The van der Waals surface area contributed by atoms with Crippen LogP contribution in [0.25, 0.3) is 11.6 Å².